The molecule has 0 aromatic carbocycles. The van der Waals surface area contributed by atoms with Crippen molar-refractivity contribution in [3.05, 3.63) is 0 Å². The van der Waals surface area contributed by atoms with Gasteiger partial charge in [0.25, 0.3) is 0 Å². The molecule has 0 amide bonds. The van der Waals surface area contributed by atoms with Crippen LogP contribution in [0.15, 0.2) is 0 Å². The first-order chi connectivity index (χ1) is 4.20. The molecular formula is C6H13NO2. The van der Waals surface area contributed by atoms with Gasteiger partial charge in [0, 0.05) is 12.6 Å². The number of rotatable bonds is 1. The molecule has 3 N–H and O–H groups in total. The molecule has 3 unspecified atom stereocenters. The fraction of sp³-hybridized carbons (Fsp3) is 1.00. The molecule has 0 spiro atoms. The highest BCUT2D eigenvalue weighted by molar-refractivity contribution is 4.84. The van der Waals surface area contributed by atoms with Crippen molar-refractivity contribution in [3.63, 3.8) is 0 Å². The second kappa shape index (κ2) is 2.64. The monoisotopic (exact) mass is 131 g/mol. The third kappa shape index (κ3) is 1.64. The van der Waals surface area contributed by atoms with Gasteiger partial charge in [-0.2, -0.15) is 0 Å². The van der Waals surface area contributed by atoms with Gasteiger partial charge in [0.2, 0.25) is 0 Å². The summed E-state index contributed by atoms with van der Waals surface area (Å²) < 4.78 is 0. The lowest BCUT2D eigenvalue weighted by Crippen LogP contribution is -2.32. The summed E-state index contributed by atoms with van der Waals surface area (Å²) >= 11 is 0. The third-order valence-corrected chi connectivity index (χ3v) is 1.72. The molecule has 0 aromatic heterocycles. The minimum atomic E-state index is -0.345. The SMILES string of the molecule is CC(O)C1CC(O)CN1. The lowest BCUT2D eigenvalue weighted by Gasteiger charge is -2.11. The van der Waals surface area contributed by atoms with Crippen LogP contribution in [0.4, 0.5) is 0 Å². The molecule has 3 nitrogen and oxygen atoms in total. The number of aliphatic hydroxyl groups is 2. The van der Waals surface area contributed by atoms with E-state index >= 15 is 0 Å². The van der Waals surface area contributed by atoms with Gasteiger partial charge in [0.1, 0.15) is 0 Å². The summed E-state index contributed by atoms with van der Waals surface area (Å²) in [5.41, 5.74) is 0. The molecule has 1 saturated heterocycles. The molecule has 1 aliphatic rings. The third-order valence-electron chi connectivity index (χ3n) is 1.72. The van der Waals surface area contributed by atoms with E-state index in [1.165, 1.54) is 0 Å². The maximum atomic E-state index is 9.00. The zero-order chi connectivity index (χ0) is 6.85. The number of β-amino-alcohol motifs (C(OH)–C–C–N with tert-alkyl or cyclic N) is 1. The van der Waals surface area contributed by atoms with Gasteiger partial charge in [-0.3, -0.25) is 0 Å². The second-order valence-electron chi connectivity index (χ2n) is 2.64. The van der Waals surface area contributed by atoms with Gasteiger partial charge in [-0.1, -0.05) is 0 Å². The molecule has 54 valence electrons. The van der Waals surface area contributed by atoms with Gasteiger partial charge < -0.3 is 15.5 Å². The average Bonchev–Trinajstić information content (AvgIpc) is 2.14. The summed E-state index contributed by atoms with van der Waals surface area (Å²) in [5, 5.41) is 21.0. The topological polar surface area (TPSA) is 52.5 Å². The number of hydrogen-bond donors (Lipinski definition) is 3. The molecule has 1 heterocycles. The molecule has 1 fully saturated rings. The van der Waals surface area contributed by atoms with Crippen LogP contribution in [-0.2, 0) is 0 Å². The van der Waals surface area contributed by atoms with Gasteiger partial charge in [0.15, 0.2) is 0 Å². The average molecular weight is 131 g/mol. The Morgan fingerprint density at radius 3 is 2.56 bits per heavy atom. The number of hydrogen-bond acceptors (Lipinski definition) is 3. The van der Waals surface area contributed by atoms with E-state index < -0.39 is 0 Å². The quantitative estimate of drug-likeness (QED) is 0.432. The zero-order valence-electron chi connectivity index (χ0n) is 5.54. The molecule has 0 aliphatic carbocycles. The summed E-state index contributed by atoms with van der Waals surface area (Å²) in [5.74, 6) is 0. The molecule has 3 heteroatoms. The standard InChI is InChI=1S/C6H13NO2/c1-4(8)6-2-5(9)3-7-6/h4-9H,2-3H2,1H3. The van der Waals surface area contributed by atoms with Crippen LogP contribution in [0.3, 0.4) is 0 Å². The van der Waals surface area contributed by atoms with Crippen molar-refractivity contribution in [2.75, 3.05) is 6.54 Å². The Labute approximate surface area is 54.7 Å². The first-order valence-electron chi connectivity index (χ1n) is 3.29. The van der Waals surface area contributed by atoms with E-state index in [1.807, 2.05) is 0 Å². The van der Waals surface area contributed by atoms with Gasteiger partial charge in [-0.15, -0.1) is 0 Å². The van der Waals surface area contributed by atoms with Crippen LogP contribution in [-0.4, -0.2) is 35.0 Å². The molecule has 0 radical (unpaired) electrons. The van der Waals surface area contributed by atoms with E-state index in [0.717, 1.165) is 0 Å². The van der Waals surface area contributed by atoms with Crippen LogP contribution in [0.1, 0.15) is 13.3 Å². The molecule has 3 atom stereocenters. The highest BCUT2D eigenvalue weighted by atomic mass is 16.3. The van der Waals surface area contributed by atoms with Crippen LogP contribution in [0.25, 0.3) is 0 Å². The summed E-state index contributed by atoms with van der Waals surface area (Å²) in [7, 11) is 0. The lowest BCUT2D eigenvalue weighted by atomic mass is 10.1. The smallest absolute Gasteiger partial charge is 0.0680 e. The Balaban J connectivity index is 2.30. The number of aliphatic hydroxyl groups excluding tert-OH is 2. The maximum Gasteiger partial charge on any atom is 0.0680 e. The van der Waals surface area contributed by atoms with Crippen molar-refractivity contribution in [2.45, 2.75) is 31.6 Å². The van der Waals surface area contributed by atoms with Crippen LogP contribution < -0.4 is 5.32 Å². The normalized spacial score (nSPS) is 39.0. The molecule has 0 saturated carbocycles. The van der Waals surface area contributed by atoms with Crippen molar-refractivity contribution in [2.24, 2.45) is 0 Å². The summed E-state index contributed by atoms with van der Waals surface area (Å²) in [6.07, 6.45) is 0.0734. The Morgan fingerprint density at radius 1 is 1.67 bits per heavy atom. The van der Waals surface area contributed by atoms with E-state index in [-0.39, 0.29) is 18.2 Å². The minimum Gasteiger partial charge on any atom is -0.392 e. The fourth-order valence-corrected chi connectivity index (χ4v) is 1.11. The summed E-state index contributed by atoms with van der Waals surface area (Å²) in [6.45, 7) is 2.35. The van der Waals surface area contributed by atoms with Crippen molar-refractivity contribution >= 4 is 0 Å². The molecule has 1 aliphatic heterocycles. The van der Waals surface area contributed by atoms with Crippen molar-refractivity contribution in [1.29, 1.82) is 0 Å². The first-order valence-corrected chi connectivity index (χ1v) is 3.29. The Morgan fingerprint density at radius 2 is 2.33 bits per heavy atom. The van der Waals surface area contributed by atoms with E-state index in [2.05, 4.69) is 5.32 Å². The lowest BCUT2D eigenvalue weighted by molar-refractivity contribution is 0.139. The van der Waals surface area contributed by atoms with Gasteiger partial charge in [-0.25, -0.2) is 0 Å². The molecule has 1 rings (SSSR count). The van der Waals surface area contributed by atoms with E-state index in [0.29, 0.717) is 13.0 Å². The predicted octanol–water partition coefficient (Wildman–Crippen LogP) is -0.910. The first kappa shape index (κ1) is 6.99. The highest BCUT2D eigenvalue weighted by Crippen LogP contribution is 2.08. The fourth-order valence-electron chi connectivity index (χ4n) is 1.11. The van der Waals surface area contributed by atoms with Crippen LogP contribution in [0.5, 0.6) is 0 Å². The minimum absolute atomic E-state index is 0.0972. The molecular weight excluding hydrogens is 118 g/mol. The summed E-state index contributed by atoms with van der Waals surface area (Å²) in [6, 6.07) is 0.0972. The largest absolute Gasteiger partial charge is 0.392 e. The van der Waals surface area contributed by atoms with Crippen LogP contribution >= 0.6 is 0 Å². The Hall–Kier alpha value is -0.120. The van der Waals surface area contributed by atoms with Crippen molar-refractivity contribution < 1.29 is 10.2 Å². The van der Waals surface area contributed by atoms with Crippen LogP contribution in [0.2, 0.25) is 0 Å². The maximum absolute atomic E-state index is 9.00. The molecule has 0 bridgehead atoms. The molecule has 0 aromatic rings. The van der Waals surface area contributed by atoms with Gasteiger partial charge >= 0.3 is 0 Å². The van der Waals surface area contributed by atoms with E-state index in [9.17, 15) is 0 Å². The van der Waals surface area contributed by atoms with Gasteiger partial charge in [0.05, 0.1) is 12.2 Å². The predicted molar refractivity (Wildman–Crippen MR) is 34.1 cm³/mol. The van der Waals surface area contributed by atoms with Crippen molar-refractivity contribution in [1.82, 2.24) is 5.32 Å². The summed E-state index contributed by atoms with van der Waals surface area (Å²) in [4.78, 5) is 0. The van der Waals surface area contributed by atoms with Gasteiger partial charge in [-0.05, 0) is 13.3 Å². The second-order valence-corrected chi connectivity index (χ2v) is 2.64. The van der Waals surface area contributed by atoms with Crippen molar-refractivity contribution in [3.8, 4) is 0 Å². The Bertz CT molecular complexity index is 95.1. The van der Waals surface area contributed by atoms with E-state index in [1.54, 1.807) is 6.92 Å². The highest BCUT2D eigenvalue weighted by Gasteiger charge is 2.24. The number of nitrogens with one attached hydrogen (secondary N) is 1. The molecule has 9 heavy (non-hydrogen) atoms. The zero-order valence-corrected chi connectivity index (χ0v) is 5.54. The van der Waals surface area contributed by atoms with Crippen LogP contribution in [0, 0.1) is 0 Å². The van der Waals surface area contributed by atoms with E-state index in [4.69, 9.17) is 10.2 Å². The Kier molecular flexibility index (Phi) is 2.05.